The molecule has 0 saturated carbocycles. The molecule has 1 fully saturated rings. The number of hydrogen-bond donors (Lipinski definition) is 1. The van der Waals surface area contributed by atoms with Gasteiger partial charge in [-0.3, -0.25) is 9.78 Å². The minimum absolute atomic E-state index is 0.149. The van der Waals surface area contributed by atoms with E-state index >= 15 is 0 Å². The summed E-state index contributed by atoms with van der Waals surface area (Å²) in [6, 6.07) is 6.14. The average Bonchev–Trinajstić information content (AvgIpc) is 2.04. The summed E-state index contributed by atoms with van der Waals surface area (Å²) in [5.74, 6) is 0.149. The minimum atomic E-state index is 0.149. The normalized spacial score (nSPS) is 21.3. The number of carbonyl (C=O) groups excluding carboxylic acids is 1. The summed E-state index contributed by atoms with van der Waals surface area (Å²) in [5.41, 5.74) is 1.04. The summed E-state index contributed by atoms with van der Waals surface area (Å²) in [6.07, 6.45) is 3.28. The average molecular weight is 162 g/mol. The molecule has 0 radical (unpaired) electrons. The smallest absolute Gasteiger partial charge is 0.222 e. The maximum absolute atomic E-state index is 10.6. The lowest BCUT2D eigenvalue weighted by atomic mass is 10.0. The van der Waals surface area contributed by atoms with Crippen molar-refractivity contribution in [1.82, 2.24) is 10.3 Å². The zero-order valence-electron chi connectivity index (χ0n) is 6.66. The molecule has 1 aromatic heterocycles. The highest BCUT2D eigenvalue weighted by Crippen LogP contribution is 2.09. The topological polar surface area (TPSA) is 42.0 Å². The number of amides is 1. The number of nitrogens with zero attached hydrogens (tertiary/aromatic N) is 1. The van der Waals surface area contributed by atoms with Gasteiger partial charge in [0.05, 0.1) is 0 Å². The van der Waals surface area contributed by atoms with Crippen molar-refractivity contribution in [2.45, 2.75) is 18.9 Å². The van der Waals surface area contributed by atoms with Gasteiger partial charge in [-0.2, -0.15) is 0 Å². The van der Waals surface area contributed by atoms with Crippen LogP contribution in [0.5, 0.6) is 0 Å². The van der Waals surface area contributed by atoms with Crippen molar-refractivity contribution in [3.63, 3.8) is 0 Å². The fourth-order valence-electron chi connectivity index (χ4n) is 1.32. The van der Waals surface area contributed by atoms with Crippen molar-refractivity contribution in [3.8, 4) is 0 Å². The maximum Gasteiger partial charge on any atom is 0.222 e. The van der Waals surface area contributed by atoms with Crippen LogP contribution in [0.4, 0.5) is 0 Å². The third kappa shape index (κ3) is 1.44. The Morgan fingerprint density at radius 1 is 1.58 bits per heavy atom. The first-order chi connectivity index (χ1) is 5.84. The molecule has 0 spiro atoms. The molecule has 1 aliphatic rings. The zero-order valence-corrected chi connectivity index (χ0v) is 6.66. The maximum atomic E-state index is 10.6. The Labute approximate surface area is 70.8 Å². The first-order valence-electron chi connectivity index (χ1n) is 4.04. The summed E-state index contributed by atoms with van der Waals surface area (Å²) >= 11 is 0. The van der Waals surface area contributed by atoms with E-state index < -0.39 is 0 Å². The van der Waals surface area contributed by atoms with Gasteiger partial charge in [-0.15, -0.1) is 0 Å². The summed E-state index contributed by atoms with van der Waals surface area (Å²) in [6.45, 7) is 0. The van der Waals surface area contributed by atoms with Gasteiger partial charge in [-0.05, 0) is 12.1 Å². The number of hydrogen-bond acceptors (Lipinski definition) is 2. The van der Waals surface area contributed by atoms with Crippen molar-refractivity contribution in [2.24, 2.45) is 0 Å². The molecule has 62 valence electrons. The Bertz CT molecular complexity index is 276. The second-order valence-corrected chi connectivity index (χ2v) is 2.99. The van der Waals surface area contributed by atoms with Crippen molar-refractivity contribution in [3.05, 3.63) is 30.1 Å². The van der Waals surface area contributed by atoms with Crippen LogP contribution in [-0.4, -0.2) is 16.9 Å². The third-order valence-electron chi connectivity index (χ3n) is 1.98. The molecule has 1 saturated heterocycles. The standard InChI is InChI=1S/C9H10N2O/c12-9-6-8(11-9)5-7-3-1-2-4-10-7/h1-4,8H,5-6H2,(H,11,12)/t8-/m0/s1. The molecule has 3 nitrogen and oxygen atoms in total. The lowest BCUT2D eigenvalue weighted by molar-refractivity contribution is -0.128. The summed E-state index contributed by atoms with van der Waals surface area (Å²) < 4.78 is 0. The van der Waals surface area contributed by atoms with Crippen LogP contribution in [0.15, 0.2) is 24.4 Å². The molecule has 2 rings (SSSR count). The fourth-order valence-corrected chi connectivity index (χ4v) is 1.32. The number of aromatic nitrogens is 1. The first-order valence-corrected chi connectivity index (χ1v) is 4.04. The molecule has 0 bridgehead atoms. The van der Waals surface area contributed by atoms with Crippen molar-refractivity contribution < 1.29 is 4.79 Å². The molecule has 1 aliphatic heterocycles. The van der Waals surface area contributed by atoms with Gasteiger partial charge in [0.15, 0.2) is 0 Å². The quantitative estimate of drug-likeness (QED) is 0.644. The molecule has 12 heavy (non-hydrogen) atoms. The van der Waals surface area contributed by atoms with E-state index in [0.717, 1.165) is 12.1 Å². The van der Waals surface area contributed by atoms with Gasteiger partial charge in [0, 0.05) is 30.8 Å². The molecule has 1 aromatic rings. The van der Waals surface area contributed by atoms with Crippen LogP contribution in [0, 0.1) is 0 Å². The van der Waals surface area contributed by atoms with Crippen molar-refractivity contribution in [2.75, 3.05) is 0 Å². The molecule has 3 heteroatoms. The summed E-state index contributed by atoms with van der Waals surface area (Å²) in [5, 5.41) is 2.81. The summed E-state index contributed by atoms with van der Waals surface area (Å²) in [7, 11) is 0. The van der Waals surface area contributed by atoms with Gasteiger partial charge in [0.25, 0.3) is 0 Å². The lowest BCUT2D eigenvalue weighted by Crippen LogP contribution is -2.49. The highest BCUT2D eigenvalue weighted by atomic mass is 16.2. The van der Waals surface area contributed by atoms with E-state index in [2.05, 4.69) is 10.3 Å². The molecule has 1 N–H and O–H groups in total. The molecular weight excluding hydrogens is 152 g/mol. The van der Waals surface area contributed by atoms with Crippen LogP contribution in [-0.2, 0) is 11.2 Å². The van der Waals surface area contributed by atoms with E-state index in [-0.39, 0.29) is 5.91 Å². The SMILES string of the molecule is O=C1C[C@H](Cc2ccccn2)N1. The van der Waals surface area contributed by atoms with E-state index in [0.29, 0.717) is 12.5 Å². The molecule has 1 atom stereocenters. The van der Waals surface area contributed by atoms with E-state index in [1.165, 1.54) is 0 Å². The molecule has 0 aromatic carbocycles. The molecule has 0 aliphatic carbocycles. The number of carbonyl (C=O) groups is 1. The molecule has 2 heterocycles. The largest absolute Gasteiger partial charge is 0.352 e. The predicted molar refractivity (Wildman–Crippen MR) is 44.5 cm³/mol. The van der Waals surface area contributed by atoms with Crippen LogP contribution in [0.3, 0.4) is 0 Å². The van der Waals surface area contributed by atoms with Crippen molar-refractivity contribution >= 4 is 5.91 Å². The summed E-state index contributed by atoms with van der Waals surface area (Å²) in [4.78, 5) is 14.7. The minimum Gasteiger partial charge on any atom is -0.352 e. The van der Waals surface area contributed by atoms with Crippen LogP contribution in [0.2, 0.25) is 0 Å². The Morgan fingerprint density at radius 2 is 2.42 bits per heavy atom. The fraction of sp³-hybridized carbons (Fsp3) is 0.333. The van der Waals surface area contributed by atoms with Gasteiger partial charge in [-0.1, -0.05) is 6.07 Å². The predicted octanol–water partition coefficient (Wildman–Crippen LogP) is 0.513. The number of rotatable bonds is 2. The van der Waals surface area contributed by atoms with E-state index in [4.69, 9.17) is 0 Å². The highest BCUT2D eigenvalue weighted by molar-refractivity contribution is 5.82. The molecular formula is C9H10N2O. The van der Waals surface area contributed by atoms with Crippen molar-refractivity contribution in [1.29, 1.82) is 0 Å². The van der Waals surface area contributed by atoms with Crippen LogP contribution in [0.25, 0.3) is 0 Å². The van der Waals surface area contributed by atoms with Crippen LogP contribution >= 0.6 is 0 Å². The number of nitrogens with one attached hydrogen (secondary N) is 1. The lowest BCUT2D eigenvalue weighted by Gasteiger charge is -2.26. The number of β-lactam (4-membered cyclic amide) rings is 1. The molecule has 0 unspecified atom stereocenters. The van der Waals surface area contributed by atoms with Gasteiger partial charge < -0.3 is 5.32 Å². The third-order valence-corrected chi connectivity index (χ3v) is 1.98. The van der Waals surface area contributed by atoms with Gasteiger partial charge in [0.2, 0.25) is 5.91 Å². The Balaban J connectivity index is 1.92. The van der Waals surface area contributed by atoms with Gasteiger partial charge >= 0.3 is 0 Å². The monoisotopic (exact) mass is 162 g/mol. The number of pyridine rings is 1. The Hall–Kier alpha value is -1.38. The second kappa shape index (κ2) is 2.93. The second-order valence-electron chi connectivity index (χ2n) is 2.99. The highest BCUT2D eigenvalue weighted by Gasteiger charge is 2.25. The van der Waals surface area contributed by atoms with Crippen LogP contribution in [0.1, 0.15) is 12.1 Å². The molecule has 1 amide bonds. The zero-order chi connectivity index (χ0) is 8.39. The van der Waals surface area contributed by atoms with E-state index in [9.17, 15) is 4.79 Å². The van der Waals surface area contributed by atoms with E-state index in [1.807, 2.05) is 18.2 Å². The van der Waals surface area contributed by atoms with Gasteiger partial charge in [0.1, 0.15) is 0 Å². The first kappa shape index (κ1) is 7.28. The van der Waals surface area contributed by atoms with Crippen LogP contribution < -0.4 is 5.32 Å². The van der Waals surface area contributed by atoms with E-state index in [1.54, 1.807) is 6.20 Å². The van der Waals surface area contributed by atoms with Gasteiger partial charge in [-0.25, -0.2) is 0 Å². The Kier molecular flexibility index (Phi) is 1.78. The Morgan fingerprint density at radius 3 is 3.00 bits per heavy atom.